The van der Waals surface area contributed by atoms with Gasteiger partial charge in [-0.15, -0.1) is 0 Å². The standard InChI is InChI=1S/C17H26N2O3/c1-17(2,11-18)19-16(20)12-8-9-14(15(10-12)21-3)22-13-6-4-5-7-13/h8-10,13H,4-7,11,18H2,1-3H3,(H,19,20). The molecule has 5 nitrogen and oxygen atoms in total. The summed E-state index contributed by atoms with van der Waals surface area (Å²) in [5.74, 6) is 1.12. The van der Waals surface area contributed by atoms with Crippen molar-refractivity contribution in [3.63, 3.8) is 0 Å². The summed E-state index contributed by atoms with van der Waals surface area (Å²) in [6.45, 7) is 4.15. The summed E-state index contributed by atoms with van der Waals surface area (Å²) in [5.41, 5.74) is 5.74. The second-order valence-electron chi connectivity index (χ2n) is 6.43. The predicted molar refractivity (Wildman–Crippen MR) is 86.5 cm³/mol. The minimum Gasteiger partial charge on any atom is -0.493 e. The maximum atomic E-state index is 12.3. The molecule has 1 aromatic rings. The number of ether oxygens (including phenoxy) is 2. The maximum Gasteiger partial charge on any atom is 0.251 e. The average Bonchev–Trinajstić information content (AvgIpc) is 3.00. The van der Waals surface area contributed by atoms with Crippen molar-refractivity contribution in [3.05, 3.63) is 23.8 Å². The van der Waals surface area contributed by atoms with E-state index in [1.807, 2.05) is 19.9 Å². The summed E-state index contributed by atoms with van der Waals surface area (Å²) in [5, 5.41) is 2.91. The van der Waals surface area contributed by atoms with E-state index in [0.29, 0.717) is 23.6 Å². The van der Waals surface area contributed by atoms with Crippen LogP contribution in [0.5, 0.6) is 11.5 Å². The highest BCUT2D eigenvalue weighted by Crippen LogP contribution is 2.32. The largest absolute Gasteiger partial charge is 0.493 e. The minimum absolute atomic E-state index is 0.166. The van der Waals surface area contributed by atoms with Gasteiger partial charge >= 0.3 is 0 Å². The van der Waals surface area contributed by atoms with Crippen LogP contribution >= 0.6 is 0 Å². The summed E-state index contributed by atoms with van der Waals surface area (Å²) in [6, 6.07) is 5.28. The molecule has 1 aromatic carbocycles. The highest BCUT2D eigenvalue weighted by molar-refractivity contribution is 5.95. The fourth-order valence-corrected chi connectivity index (χ4v) is 2.52. The molecule has 0 spiro atoms. The van der Waals surface area contributed by atoms with Gasteiger partial charge in [0.05, 0.1) is 13.2 Å². The van der Waals surface area contributed by atoms with E-state index >= 15 is 0 Å². The Kier molecular flexibility index (Phi) is 5.29. The van der Waals surface area contributed by atoms with Crippen molar-refractivity contribution in [1.29, 1.82) is 0 Å². The zero-order valence-corrected chi connectivity index (χ0v) is 13.6. The molecule has 0 aromatic heterocycles. The molecule has 1 aliphatic carbocycles. The number of rotatable bonds is 6. The molecule has 122 valence electrons. The van der Waals surface area contributed by atoms with Crippen molar-refractivity contribution in [2.45, 2.75) is 51.2 Å². The minimum atomic E-state index is -0.441. The van der Waals surface area contributed by atoms with Gasteiger partial charge in [0.15, 0.2) is 11.5 Å². The first-order chi connectivity index (χ1) is 10.4. The van der Waals surface area contributed by atoms with E-state index in [4.69, 9.17) is 15.2 Å². The van der Waals surface area contributed by atoms with Crippen molar-refractivity contribution >= 4 is 5.91 Å². The van der Waals surface area contributed by atoms with E-state index in [-0.39, 0.29) is 12.0 Å². The second kappa shape index (κ2) is 7.01. The molecule has 0 unspecified atom stereocenters. The average molecular weight is 306 g/mol. The lowest BCUT2D eigenvalue weighted by Crippen LogP contribution is -2.48. The third kappa shape index (κ3) is 4.13. The van der Waals surface area contributed by atoms with Crippen LogP contribution in [0.4, 0.5) is 0 Å². The van der Waals surface area contributed by atoms with E-state index in [0.717, 1.165) is 12.8 Å². The van der Waals surface area contributed by atoms with Crippen LogP contribution in [0.2, 0.25) is 0 Å². The third-order valence-electron chi connectivity index (χ3n) is 3.98. The van der Waals surface area contributed by atoms with Crippen molar-refractivity contribution < 1.29 is 14.3 Å². The first-order valence-corrected chi connectivity index (χ1v) is 7.82. The van der Waals surface area contributed by atoms with Gasteiger partial charge in [-0.3, -0.25) is 4.79 Å². The van der Waals surface area contributed by atoms with Gasteiger partial charge in [-0.1, -0.05) is 0 Å². The summed E-state index contributed by atoms with van der Waals surface area (Å²) < 4.78 is 11.4. The lowest BCUT2D eigenvalue weighted by Gasteiger charge is -2.24. The van der Waals surface area contributed by atoms with Crippen LogP contribution in [0.1, 0.15) is 49.9 Å². The number of benzene rings is 1. The van der Waals surface area contributed by atoms with Crippen molar-refractivity contribution in [3.8, 4) is 11.5 Å². The monoisotopic (exact) mass is 306 g/mol. The van der Waals surface area contributed by atoms with Crippen LogP contribution in [0.15, 0.2) is 18.2 Å². The Morgan fingerprint density at radius 1 is 1.32 bits per heavy atom. The van der Waals surface area contributed by atoms with Crippen LogP contribution in [-0.4, -0.2) is 31.2 Å². The molecule has 1 aliphatic rings. The van der Waals surface area contributed by atoms with Crippen LogP contribution in [-0.2, 0) is 0 Å². The number of carbonyl (C=O) groups excluding carboxylic acids is 1. The Bertz CT molecular complexity index is 523. The van der Waals surface area contributed by atoms with Crippen molar-refractivity contribution in [1.82, 2.24) is 5.32 Å². The van der Waals surface area contributed by atoms with Crippen LogP contribution in [0.25, 0.3) is 0 Å². The van der Waals surface area contributed by atoms with Crippen molar-refractivity contribution in [2.24, 2.45) is 5.73 Å². The molecule has 0 radical (unpaired) electrons. The number of nitrogens with one attached hydrogen (secondary N) is 1. The molecule has 3 N–H and O–H groups in total. The number of nitrogens with two attached hydrogens (primary N) is 1. The number of amides is 1. The summed E-state index contributed by atoms with van der Waals surface area (Å²) in [7, 11) is 1.59. The van der Waals surface area contributed by atoms with Gasteiger partial charge in [-0.25, -0.2) is 0 Å². The highest BCUT2D eigenvalue weighted by Gasteiger charge is 2.22. The smallest absolute Gasteiger partial charge is 0.251 e. The number of hydrogen-bond acceptors (Lipinski definition) is 4. The SMILES string of the molecule is COc1cc(C(=O)NC(C)(C)CN)ccc1OC1CCCC1. The van der Waals surface area contributed by atoms with Crippen LogP contribution < -0.4 is 20.5 Å². The van der Waals surface area contributed by atoms with Gasteiger partial charge in [0.2, 0.25) is 0 Å². The molecule has 1 amide bonds. The summed E-state index contributed by atoms with van der Waals surface area (Å²) in [6.07, 6.45) is 4.83. The molecule has 22 heavy (non-hydrogen) atoms. The van der Waals surface area contributed by atoms with Gasteiger partial charge in [-0.05, 0) is 57.7 Å². The zero-order valence-electron chi connectivity index (χ0n) is 13.6. The predicted octanol–water partition coefficient (Wildman–Crippen LogP) is 2.48. The van der Waals surface area contributed by atoms with E-state index in [1.54, 1.807) is 19.2 Å². The lowest BCUT2D eigenvalue weighted by molar-refractivity contribution is 0.0915. The molecule has 0 atom stereocenters. The number of carbonyl (C=O) groups is 1. The summed E-state index contributed by atoms with van der Waals surface area (Å²) >= 11 is 0. The van der Waals surface area contributed by atoms with Gasteiger partial charge in [0.1, 0.15) is 0 Å². The first-order valence-electron chi connectivity index (χ1n) is 7.82. The topological polar surface area (TPSA) is 73.6 Å². The van der Waals surface area contributed by atoms with Crippen molar-refractivity contribution in [2.75, 3.05) is 13.7 Å². The van der Waals surface area contributed by atoms with E-state index in [1.165, 1.54) is 12.8 Å². The Morgan fingerprint density at radius 3 is 2.59 bits per heavy atom. The Balaban J connectivity index is 2.12. The zero-order chi connectivity index (χ0) is 16.2. The molecule has 0 bridgehead atoms. The molecule has 0 saturated heterocycles. The second-order valence-corrected chi connectivity index (χ2v) is 6.43. The maximum absolute atomic E-state index is 12.3. The molecule has 0 aliphatic heterocycles. The van der Waals surface area contributed by atoms with Crippen LogP contribution in [0, 0.1) is 0 Å². The first kappa shape index (κ1) is 16.6. The molecular formula is C17H26N2O3. The molecule has 1 saturated carbocycles. The lowest BCUT2D eigenvalue weighted by atomic mass is 10.0. The fourth-order valence-electron chi connectivity index (χ4n) is 2.52. The van der Waals surface area contributed by atoms with E-state index in [9.17, 15) is 4.79 Å². The molecule has 5 heteroatoms. The Hall–Kier alpha value is -1.75. The molecular weight excluding hydrogens is 280 g/mol. The Labute approximate surface area is 132 Å². The quantitative estimate of drug-likeness (QED) is 0.847. The fraction of sp³-hybridized carbons (Fsp3) is 0.588. The highest BCUT2D eigenvalue weighted by atomic mass is 16.5. The van der Waals surface area contributed by atoms with E-state index < -0.39 is 5.54 Å². The van der Waals surface area contributed by atoms with Gasteiger partial charge in [-0.2, -0.15) is 0 Å². The Morgan fingerprint density at radius 2 is 2.00 bits per heavy atom. The summed E-state index contributed by atoms with van der Waals surface area (Å²) in [4.78, 5) is 12.3. The molecule has 0 heterocycles. The van der Waals surface area contributed by atoms with Gasteiger partial charge in [0.25, 0.3) is 5.91 Å². The normalized spacial score (nSPS) is 15.6. The number of methoxy groups -OCH3 is 1. The van der Waals surface area contributed by atoms with Gasteiger partial charge < -0.3 is 20.5 Å². The molecule has 1 fully saturated rings. The van der Waals surface area contributed by atoms with E-state index in [2.05, 4.69) is 5.32 Å². The third-order valence-corrected chi connectivity index (χ3v) is 3.98. The number of hydrogen-bond donors (Lipinski definition) is 2. The van der Waals surface area contributed by atoms with Gasteiger partial charge in [0, 0.05) is 17.6 Å². The molecule has 2 rings (SSSR count). The van der Waals surface area contributed by atoms with Crippen LogP contribution in [0.3, 0.4) is 0 Å².